The zero-order valence-electron chi connectivity index (χ0n) is 14.9. The number of esters is 2. The molecule has 138 valence electrons. The van der Waals surface area contributed by atoms with E-state index in [1.54, 1.807) is 13.8 Å². The summed E-state index contributed by atoms with van der Waals surface area (Å²) in [5.74, 6) is -1.45. The first-order chi connectivity index (χ1) is 12.1. The van der Waals surface area contributed by atoms with Crippen molar-refractivity contribution in [2.45, 2.75) is 70.5 Å². The van der Waals surface area contributed by atoms with Gasteiger partial charge in [0.1, 0.15) is 5.70 Å². The highest BCUT2D eigenvalue weighted by Gasteiger charge is 2.51. The molecule has 2 saturated carbocycles. The summed E-state index contributed by atoms with van der Waals surface area (Å²) in [5.41, 5.74) is 0.345. The van der Waals surface area contributed by atoms with E-state index in [1.165, 1.54) is 4.90 Å². The van der Waals surface area contributed by atoms with Gasteiger partial charge in [-0.25, -0.2) is 9.59 Å². The van der Waals surface area contributed by atoms with Gasteiger partial charge in [-0.3, -0.25) is 4.79 Å². The van der Waals surface area contributed by atoms with Crippen LogP contribution in [0, 0.1) is 0 Å². The van der Waals surface area contributed by atoms with E-state index in [2.05, 4.69) is 5.32 Å². The van der Waals surface area contributed by atoms with Gasteiger partial charge in [-0.1, -0.05) is 0 Å². The summed E-state index contributed by atoms with van der Waals surface area (Å²) < 4.78 is 10.3. The lowest BCUT2D eigenvalue weighted by Gasteiger charge is -2.38. The molecule has 1 heterocycles. The average molecular weight is 350 g/mol. The Labute approximate surface area is 147 Å². The molecule has 0 aromatic carbocycles. The Bertz CT molecular complexity index is 592. The number of hydrogen-bond donors (Lipinski definition) is 1. The normalized spacial score (nSPS) is 24.0. The van der Waals surface area contributed by atoms with Crippen LogP contribution in [0.15, 0.2) is 11.3 Å². The highest BCUT2D eigenvalue weighted by Crippen LogP contribution is 2.36. The number of nitrogens with one attached hydrogen (secondary N) is 1. The van der Waals surface area contributed by atoms with Gasteiger partial charge in [0.05, 0.1) is 18.8 Å². The van der Waals surface area contributed by atoms with Crippen LogP contribution in [0.3, 0.4) is 0 Å². The summed E-state index contributed by atoms with van der Waals surface area (Å²) in [6, 6.07) is -0.848. The van der Waals surface area contributed by atoms with Gasteiger partial charge in [-0.15, -0.1) is 0 Å². The summed E-state index contributed by atoms with van der Waals surface area (Å²) in [6.45, 7) is 3.80. The van der Waals surface area contributed by atoms with Crippen LogP contribution in [-0.2, 0) is 23.9 Å². The standard InChI is InChI=1S/C18H26N2O5/c1-3-24-17(22)13-14(19-11-7-5-8-11)16(21)20(12-9-6-10-12)15(13)18(23)25-4-2/h11-12,15,19H,3-10H2,1-2H3. The maximum atomic E-state index is 13.0. The maximum Gasteiger partial charge on any atom is 0.339 e. The summed E-state index contributed by atoms with van der Waals surface area (Å²) in [5, 5.41) is 3.19. The molecule has 0 aromatic rings. The Hall–Kier alpha value is -2.05. The van der Waals surface area contributed by atoms with Gasteiger partial charge >= 0.3 is 11.9 Å². The minimum atomic E-state index is -1.00. The molecular weight excluding hydrogens is 324 g/mol. The molecule has 7 nitrogen and oxygen atoms in total. The van der Waals surface area contributed by atoms with E-state index in [1.807, 2.05) is 0 Å². The van der Waals surface area contributed by atoms with Crippen LogP contribution in [0.25, 0.3) is 0 Å². The minimum absolute atomic E-state index is 0.0213. The number of amides is 1. The van der Waals surface area contributed by atoms with Gasteiger partial charge in [0.25, 0.3) is 5.91 Å². The summed E-state index contributed by atoms with van der Waals surface area (Å²) in [6.07, 6.45) is 5.72. The number of carbonyl (C=O) groups excluding carboxylic acids is 3. The molecule has 3 rings (SSSR count). The van der Waals surface area contributed by atoms with E-state index in [4.69, 9.17) is 9.47 Å². The monoisotopic (exact) mass is 350 g/mol. The number of ether oxygens (including phenoxy) is 2. The van der Waals surface area contributed by atoms with Crippen molar-refractivity contribution in [1.82, 2.24) is 10.2 Å². The molecule has 0 saturated heterocycles. The van der Waals surface area contributed by atoms with E-state index in [0.29, 0.717) is 0 Å². The lowest BCUT2D eigenvalue weighted by atomic mass is 9.90. The molecule has 0 aromatic heterocycles. The van der Waals surface area contributed by atoms with Crippen molar-refractivity contribution in [3.63, 3.8) is 0 Å². The van der Waals surface area contributed by atoms with E-state index in [0.717, 1.165) is 38.5 Å². The van der Waals surface area contributed by atoms with Crippen LogP contribution in [0.1, 0.15) is 52.4 Å². The van der Waals surface area contributed by atoms with Crippen molar-refractivity contribution in [2.24, 2.45) is 0 Å². The minimum Gasteiger partial charge on any atom is -0.464 e. The van der Waals surface area contributed by atoms with Crippen LogP contribution in [0.4, 0.5) is 0 Å². The van der Waals surface area contributed by atoms with Gasteiger partial charge in [0.15, 0.2) is 6.04 Å². The van der Waals surface area contributed by atoms with Crippen molar-refractivity contribution in [2.75, 3.05) is 13.2 Å². The average Bonchev–Trinajstić information content (AvgIpc) is 2.75. The molecule has 0 spiro atoms. The number of nitrogens with zero attached hydrogens (tertiary/aromatic N) is 1. The van der Waals surface area contributed by atoms with E-state index in [-0.39, 0.29) is 42.5 Å². The molecule has 2 aliphatic carbocycles. The predicted octanol–water partition coefficient (Wildman–Crippen LogP) is 1.27. The second-order valence-electron chi connectivity index (χ2n) is 6.73. The Kier molecular flexibility index (Phi) is 5.30. The first kappa shape index (κ1) is 17.8. The Balaban J connectivity index is 1.97. The predicted molar refractivity (Wildman–Crippen MR) is 89.3 cm³/mol. The molecule has 7 heteroatoms. The number of rotatable bonds is 7. The Morgan fingerprint density at radius 3 is 2.20 bits per heavy atom. The molecule has 25 heavy (non-hydrogen) atoms. The van der Waals surface area contributed by atoms with Crippen LogP contribution < -0.4 is 5.32 Å². The molecule has 1 N–H and O–H groups in total. The molecule has 0 bridgehead atoms. The quantitative estimate of drug-likeness (QED) is 0.696. The lowest BCUT2D eigenvalue weighted by Crippen LogP contribution is -2.51. The third kappa shape index (κ3) is 3.24. The van der Waals surface area contributed by atoms with Gasteiger partial charge in [-0.05, 0) is 52.4 Å². The fraction of sp³-hybridized carbons (Fsp3) is 0.722. The zero-order chi connectivity index (χ0) is 18.0. The smallest absolute Gasteiger partial charge is 0.339 e. The Morgan fingerprint density at radius 1 is 1.08 bits per heavy atom. The summed E-state index contributed by atoms with van der Waals surface area (Å²) >= 11 is 0. The highest BCUT2D eigenvalue weighted by molar-refractivity contribution is 6.12. The first-order valence-electron chi connectivity index (χ1n) is 9.25. The fourth-order valence-corrected chi connectivity index (χ4v) is 3.45. The van der Waals surface area contributed by atoms with Crippen LogP contribution in [0.2, 0.25) is 0 Å². The molecule has 0 radical (unpaired) electrons. The topological polar surface area (TPSA) is 84.9 Å². The van der Waals surface area contributed by atoms with Crippen molar-refractivity contribution in [3.05, 3.63) is 11.3 Å². The third-order valence-electron chi connectivity index (χ3n) is 5.20. The summed E-state index contributed by atoms with van der Waals surface area (Å²) in [7, 11) is 0. The van der Waals surface area contributed by atoms with E-state index < -0.39 is 18.0 Å². The van der Waals surface area contributed by atoms with Crippen LogP contribution >= 0.6 is 0 Å². The van der Waals surface area contributed by atoms with Crippen LogP contribution in [-0.4, -0.2) is 54.1 Å². The molecular formula is C18H26N2O5. The van der Waals surface area contributed by atoms with Crippen molar-refractivity contribution >= 4 is 17.8 Å². The van der Waals surface area contributed by atoms with Gasteiger partial charge in [0, 0.05) is 12.1 Å². The lowest BCUT2D eigenvalue weighted by molar-refractivity contribution is -0.155. The summed E-state index contributed by atoms with van der Waals surface area (Å²) in [4.78, 5) is 39.7. The van der Waals surface area contributed by atoms with Gasteiger partial charge in [-0.2, -0.15) is 0 Å². The Morgan fingerprint density at radius 2 is 1.72 bits per heavy atom. The second-order valence-corrected chi connectivity index (χ2v) is 6.73. The van der Waals surface area contributed by atoms with Crippen molar-refractivity contribution in [1.29, 1.82) is 0 Å². The SMILES string of the molecule is CCOC(=O)C1=C(NC2CCC2)C(=O)N(C2CCC2)C1C(=O)OCC. The third-order valence-corrected chi connectivity index (χ3v) is 5.20. The molecule has 1 atom stereocenters. The van der Waals surface area contributed by atoms with Gasteiger partial charge < -0.3 is 19.7 Å². The molecule has 1 unspecified atom stereocenters. The van der Waals surface area contributed by atoms with E-state index in [9.17, 15) is 14.4 Å². The van der Waals surface area contributed by atoms with Crippen LogP contribution in [0.5, 0.6) is 0 Å². The molecule has 1 amide bonds. The second kappa shape index (κ2) is 7.45. The zero-order valence-corrected chi connectivity index (χ0v) is 14.9. The maximum absolute atomic E-state index is 13.0. The first-order valence-corrected chi connectivity index (χ1v) is 9.25. The fourth-order valence-electron chi connectivity index (χ4n) is 3.45. The molecule has 2 fully saturated rings. The van der Waals surface area contributed by atoms with Crippen molar-refractivity contribution in [3.8, 4) is 0 Å². The van der Waals surface area contributed by atoms with Crippen molar-refractivity contribution < 1.29 is 23.9 Å². The number of hydrogen-bond acceptors (Lipinski definition) is 6. The highest BCUT2D eigenvalue weighted by atomic mass is 16.5. The number of carbonyl (C=O) groups is 3. The largest absolute Gasteiger partial charge is 0.464 e. The van der Waals surface area contributed by atoms with E-state index >= 15 is 0 Å². The molecule has 3 aliphatic rings. The van der Waals surface area contributed by atoms with Gasteiger partial charge in [0.2, 0.25) is 0 Å². The molecule has 1 aliphatic heterocycles.